The van der Waals surface area contributed by atoms with Gasteiger partial charge >= 0.3 is 5.69 Å². The van der Waals surface area contributed by atoms with Crippen molar-refractivity contribution in [1.29, 1.82) is 0 Å². The molecule has 0 aliphatic heterocycles. The van der Waals surface area contributed by atoms with Crippen LogP contribution in [0.25, 0.3) is 16.9 Å². The third-order valence-corrected chi connectivity index (χ3v) is 6.55. The molecular formula is C22H22BrN5O3. The number of ketones is 1. The van der Waals surface area contributed by atoms with Crippen LogP contribution in [0.15, 0.2) is 44.7 Å². The van der Waals surface area contributed by atoms with Crippen LogP contribution in [0.1, 0.15) is 27.3 Å². The SMILES string of the molecule is Cc1cc(-n2c(C)cc(C(=O)Cn3cnc4c3c(=O)n(C)c(=O)n4C)c2C)ccc1Br. The van der Waals surface area contributed by atoms with E-state index in [0.29, 0.717) is 5.56 Å². The minimum atomic E-state index is -0.473. The van der Waals surface area contributed by atoms with Crippen molar-refractivity contribution in [3.05, 3.63) is 78.4 Å². The summed E-state index contributed by atoms with van der Waals surface area (Å²) in [5.41, 5.74) is 4.00. The molecule has 9 heteroatoms. The molecule has 3 heterocycles. The minimum absolute atomic E-state index is 0.0480. The van der Waals surface area contributed by atoms with Crippen LogP contribution in [0.4, 0.5) is 0 Å². The number of halogens is 1. The van der Waals surface area contributed by atoms with Gasteiger partial charge in [0.15, 0.2) is 16.9 Å². The van der Waals surface area contributed by atoms with Crippen LogP contribution in [-0.2, 0) is 20.6 Å². The van der Waals surface area contributed by atoms with Gasteiger partial charge in [0.05, 0.1) is 12.9 Å². The molecule has 4 rings (SSSR count). The molecule has 0 aliphatic carbocycles. The van der Waals surface area contributed by atoms with E-state index in [1.165, 1.54) is 22.5 Å². The van der Waals surface area contributed by atoms with Gasteiger partial charge in [-0.15, -0.1) is 0 Å². The number of carbonyl (C=O) groups excluding carboxylic acids is 1. The Kier molecular flexibility index (Phi) is 5.09. The first-order valence-corrected chi connectivity index (χ1v) is 10.5. The van der Waals surface area contributed by atoms with Crippen LogP contribution in [0.2, 0.25) is 0 Å². The Morgan fingerprint density at radius 3 is 2.45 bits per heavy atom. The van der Waals surface area contributed by atoms with Crippen LogP contribution >= 0.6 is 15.9 Å². The van der Waals surface area contributed by atoms with E-state index in [2.05, 4.69) is 27.0 Å². The smallest absolute Gasteiger partial charge is 0.318 e. The van der Waals surface area contributed by atoms with E-state index in [1.807, 2.05) is 43.5 Å². The lowest BCUT2D eigenvalue weighted by molar-refractivity contribution is 0.0972. The fourth-order valence-electron chi connectivity index (χ4n) is 3.97. The molecule has 4 aromatic rings. The van der Waals surface area contributed by atoms with Crippen molar-refractivity contribution < 1.29 is 4.79 Å². The van der Waals surface area contributed by atoms with Gasteiger partial charge in [-0.25, -0.2) is 9.78 Å². The quantitative estimate of drug-likeness (QED) is 0.417. The molecule has 1 aromatic carbocycles. The van der Waals surface area contributed by atoms with E-state index < -0.39 is 11.2 Å². The van der Waals surface area contributed by atoms with E-state index in [9.17, 15) is 14.4 Å². The summed E-state index contributed by atoms with van der Waals surface area (Å²) in [4.78, 5) is 42.2. The zero-order valence-corrected chi connectivity index (χ0v) is 19.5. The molecule has 0 bridgehead atoms. The molecule has 0 aliphatic rings. The van der Waals surface area contributed by atoms with Gasteiger partial charge in [-0.3, -0.25) is 18.7 Å². The maximum atomic E-state index is 13.2. The number of nitrogens with zero attached hydrogens (tertiary/aromatic N) is 5. The molecule has 0 amide bonds. The molecule has 0 N–H and O–H groups in total. The highest BCUT2D eigenvalue weighted by atomic mass is 79.9. The van der Waals surface area contributed by atoms with Gasteiger partial charge in [0.25, 0.3) is 5.56 Å². The molecule has 160 valence electrons. The van der Waals surface area contributed by atoms with E-state index in [0.717, 1.165) is 31.7 Å². The largest absolute Gasteiger partial charge is 0.332 e. The third kappa shape index (κ3) is 3.29. The number of fused-ring (bicyclic) bond motifs is 1. The number of hydrogen-bond donors (Lipinski definition) is 0. The van der Waals surface area contributed by atoms with Crippen molar-refractivity contribution in [2.75, 3.05) is 0 Å². The predicted octanol–water partition coefficient (Wildman–Crippen LogP) is 2.80. The van der Waals surface area contributed by atoms with Crippen molar-refractivity contribution in [3.63, 3.8) is 0 Å². The number of benzene rings is 1. The standard InChI is InChI=1S/C22H22BrN5O3/c1-12-8-15(6-7-17(12)23)28-13(2)9-16(14(28)3)18(29)10-27-11-24-20-19(27)21(30)26(5)22(31)25(20)4/h6-9,11H,10H2,1-5H3. The fraction of sp³-hybridized carbons (Fsp3) is 0.273. The molecule has 0 spiro atoms. The predicted molar refractivity (Wildman–Crippen MR) is 122 cm³/mol. The summed E-state index contributed by atoms with van der Waals surface area (Å²) in [6, 6.07) is 7.91. The van der Waals surface area contributed by atoms with Crippen molar-refractivity contribution in [2.24, 2.45) is 14.1 Å². The van der Waals surface area contributed by atoms with Crippen LogP contribution in [0, 0.1) is 20.8 Å². The fourth-order valence-corrected chi connectivity index (χ4v) is 4.21. The van der Waals surface area contributed by atoms with Crippen LogP contribution in [0.5, 0.6) is 0 Å². The van der Waals surface area contributed by atoms with E-state index in [-0.39, 0.29) is 23.5 Å². The van der Waals surface area contributed by atoms with Crippen LogP contribution < -0.4 is 11.2 Å². The third-order valence-electron chi connectivity index (χ3n) is 5.66. The Morgan fingerprint density at radius 2 is 1.77 bits per heavy atom. The van der Waals surface area contributed by atoms with Crippen LogP contribution in [-0.4, -0.2) is 29.0 Å². The van der Waals surface area contributed by atoms with Gasteiger partial charge in [-0.05, 0) is 50.6 Å². The number of hydrogen-bond acceptors (Lipinski definition) is 4. The lowest BCUT2D eigenvalue weighted by Gasteiger charge is -2.12. The molecular weight excluding hydrogens is 462 g/mol. The summed E-state index contributed by atoms with van der Waals surface area (Å²) >= 11 is 3.52. The number of aryl methyl sites for hydroxylation is 3. The lowest BCUT2D eigenvalue weighted by Crippen LogP contribution is -2.37. The molecule has 0 atom stereocenters. The average Bonchev–Trinajstić information content (AvgIpc) is 3.27. The van der Waals surface area contributed by atoms with E-state index in [1.54, 1.807) is 7.05 Å². The van der Waals surface area contributed by atoms with Gasteiger partial charge in [0, 0.05) is 41.2 Å². The highest BCUT2D eigenvalue weighted by Crippen LogP contribution is 2.25. The minimum Gasteiger partial charge on any atom is -0.318 e. The first kappa shape index (κ1) is 21.0. The van der Waals surface area contributed by atoms with E-state index in [4.69, 9.17) is 0 Å². The number of imidazole rings is 1. The van der Waals surface area contributed by atoms with Crippen LogP contribution in [0.3, 0.4) is 0 Å². The van der Waals surface area contributed by atoms with Crippen molar-refractivity contribution in [2.45, 2.75) is 27.3 Å². The normalized spacial score (nSPS) is 11.4. The summed E-state index contributed by atoms with van der Waals surface area (Å²) in [6.45, 7) is 5.84. The monoisotopic (exact) mass is 483 g/mol. The molecule has 8 nitrogen and oxygen atoms in total. The Morgan fingerprint density at radius 1 is 1.06 bits per heavy atom. The second kappa shape index (κ2) is 7.49. The highest BCUT2D eigenvalue weighted by Gasteiger charge is 2.20. The van der Waals surface area contributed by atoms with Crippen molar-refractivity contribution >= 4 is 32.9 Å². The van der Waals surface area contributed by atoms with Gasteiger partial charge in [0.2, 0.25) is 0 Å². The van der Waals surface area contributed by atoms with Crippen molar-refractivity contribution in [3.8, 4) is 5.69 Å². The van der Waals surface area contributed by atoms with Crippen molar-refractivity contribution in [1.82, 2.24) is 23.3 Å². The maximum absolute atomic E-state index is 13.2. The van der Waals surface area contributed by atoms with Gasteiger partial charge < -0.3 is 9.13 Å². The number of carbonyl (C=O) groups is 1. The molecule has 31 heavy (non-hydrogen) atoms. The summed E-state index contributed by atoms with van der Waals surface area (Å²) in [5.74, 6) is -0.136. The lowest BCUT2D eigenvalue weighted by atomic mass is 10.1. The summed E-state index contributed by atoms with van der Waals surface area (Å²) < 4.78 is 6.90. The second-order valence-electron chi connectivity index (χ2n) is 7.73. The maximum Gasteiger partial charge on any atom is 0.332 e. The molecule has 0 saturated carbocycles. The van der Waals surface area contributed by atoms with E-state index >= 15 is 0 Å². The number of Topliss-reactive ketones (excluding diaryl/α,β-unsaturated/α-hetero) is 1. The Bertz CT molecular complexity index is 1490. The molecule has 0 fully saturated rings. The van der Waals surface area contributed by atoms with Gasteiger partial charge in [-0.2, -0.15) is 0 Å². The number of aromatic nitrogens is 5. The van der Waals surface area contributed by atoms with Gasteiger partial charge in [0.1, 0.15) is 0 Å². The Labute approximate surface area is 186 Å². The molecule has 0 unspecified atom stereocenters. The first-order chi connectivity index (χ1) is 14.6. The topological polar surface area (TPSA) is 83.8 Å². The second-order valence-corrected chi connectivity index (χ2v) is 8.58. The zero-order chi connectivity index (χ0) is 22.6. The summed E-state index contributed by atoms with van der Waals surface area (Å²) in [6.07, 6.45) is 1.43. The Balaban J connectivity index is 1.76. The first-order valence-electron chi connectivity index (χ1n) is 9.71. The Hall–Kier alpha value is -3.20. The average molecular weight is 484 g/mol. The molecule has 3 aromatic heterocycles. The molecule has 0 saturated heterocycles. The number of rotatable bonds is 4. The zero-order valence-electron chi connectivity index (χ0n) is 17.9. The highest BCUT2D eigenvalue weighted by molar-refractivity contribution is 9.10. The summed E-state index contributed by atoms with van der Waals surface area (Å²) in [7, 11) is 2.97. The summed E-state index contributed by atoms with van der Waals surface area (Å²) in [5, 5.41) is 0. The molecule has 0 radical (unpaired) electrons. The van der Waals surface area contributed by atoms with Gasteiger partial charge in [-0.1, -0.05) is 15.9 Å².